The fourth-order valence-corrected chi connectivity index (χ4v) is 4.13. The van der Waals surface area contributed by atoms with Crippen molar-refractivity contribution in [3.05, 3.63) is 89.0 Å². The predicted molar refractivity (Wildman–Crippen MR) is 111 cm³/mol. The molecule has 2 heterocycles. The number of hydrogen-bond donors (Lipinski definition) is 0. The number of amides is 1. The van der Waals surface area contributed by atoms with Crippen molar-refractivity contribution in [2.45, 2.75) is 18.9 Å². The second-order valence-corrected chi connectivity index (χ2v) is 8.14. The van der Waals surface area contributed by atoms with Crippen LogP contribution in [-0.4, -0.2) is 15.9 Å². The van der Waals surface area contributed by atoms with Crippen LogP contribution in [0.25, 0.3) is 10.2 Å². The average molecular weight is 499 g/mol. The summed E-state index contributed by atoms with van der Waals surface area (Å²) in [6.45, 7) is -0.272. The molecular formula is C22H12F7N3OS. The Balaban J connectivity index is 1.86. The van der Waals surface area contributed by atoms with Crippen LogP contribution in [0.4, 0.5) is 35.9 Å². The van der Waals surface area contributed by atoms with E-state index >= 15 is 0 Å². The van der Waals surface area contributed by atoms with E-state index in [4.69, 9.17) is 0 Å². The molecule has 0 N–H and O–H groups in total. The molecule has 0 unspecified atom stereocenters. The number of benzene rings is 2. The van der Waals surface area contributed by atoms with Gasteiger partial charge in [-0.1, -0.05) is 23.5 Å². The largest absolute Gasteiger partial charge is 0.416 e. The van der Waals surface area contributed by atoms with Crippen LogP contribution in [0.1, 0.15) is 27.0 Å². The maximum Gasteiger partial charge on any atom is 0.416 e. The Morgan fingerprint density at radius 3 is 2.18 bits per heavy atom. The van der Waals surface area contributed by atoms with Gasteiger partial charge in [-0.2, -0.15) is 26.3 Å². The average Bonchev–Trinajstić information content (AvgIpc) is 3.22. The third-order valence-electron chi connectivity index (χ3n) is 4.73. The molecule has 0 spiro atoms. The first-order valence-electron chi connectivity index (χ1n) is 9.49. The normalized spacial score (nSPS) is 12.2. The Bertz CT molecular complexity index is 1320. The van der Waals surface area contributed by atoms with E-state index in [1.54, 1.807) is 12.1 Å². The third kappa shape index (κ3) is 4.86. The van der Waals surface area contributed by atoms with Crippen molar-refractivity contribution in [3.8, 4) is 0 Å². The van der Waals surface area contributed by atoms with E-state index in [9.17, 15) is 35.5 Å². The van der Waals surface area contributed by atoms with E-state index in [0.717, 1.165) is 22.3 Å². The molecule has 0 saturated heterocycles. The first-order chi connectivity index (χ1) is 15.9. The summed E-state index contributed by atoms with van der Waals surface area (Å²) in [5.41, 5.74) is -3.74. The van der Waals surface area contributed by atoms with Gasteiger partial charge >= 0.3 is 12.4 Å². The number of fused-ring (bicyclic) bond motifs is 1. The molecule has 2 aromatic carbocycles. The van der Waals surface area contributed by atoms with Gasteiger partial charge in [0.05, 0.1) is 22.4 Å². The van der Waals surface area contributed by atoms with Crippen LogP contribution in [0.3, 0.4) is 0 Å². The van der Waals surface area contributed by atoms with Gasteiger partial charge in [0.1, 0.15) is 11.3 Å². The maximum absolute atomic E-state index is 14.2. The number of rotatable bonds is 4. The summed E-state index contributed by atoms with van der Waals surface area (Å²) in [6, 6.07) is 7.82. The lowest BCUT2D eigenvalue weighted by atomic mass is 10.0. The van der Waals surface area contributed by atoms with Crippen LogP contribution in [0.5, 0.6) is 0 Å². The zero-order chi connectivity index (χ0) is 24.7. The molecule has 0 saturated carbocycles. The molecule has 0 aliphatic rings. The van der Waals surface area contributed by atoms with Crippen molar-refractivity contribution in [3.63, 3.8) is 0 Å². The van der Waals surface area contributed by atoms with Crippen molar-refractivity contribution in [1.82, 2.24) is 9.97 Å². The lowest BCUT2D eigenvalue weighted by Gasteiger charge is -2.21. The summed E-state index contributed by atoms with van der Waals surface area (Å²) in [5, 5.41) is -0.0973. The van der Waals surface area contributed by atoms with Crippen LogP contribution in [0, 0.1) is 5.82 Å². The molecule has 2 aromatic heterocycles. The highest BCUT2D eigenvalue weighted by molar-refractivity contribution is 7.22. The van der Waals surface area contributed by atoms with Crippen LogP contribution in [0.15, 0.2) is 60.9 Å². The van der Waals surface area contributed by atoms with Crippen molar-refractivity contribution >= 4 is 32.6 Å². The van der Waals surface area contributed by atoms with Crippen LogP contribution >= 0.6 is 11.3 Å². The molecule has 1 amide bonds. The minimum absolute atomic E-state index is 0.0602. The molecule has 0 bridgehead atoms. The second-order valence-electron chi connectivity index (χ2n) is 7.13. The molecule has 4 nitrogen and oxygen atoms in total. The second kappa shape index (κ2) is 8.67. The summed E-state index contributed by atoms with van der Waals surface area (Å²) in [4.78, 5) is 22.2. The summed E-state index contributed by atoms with van der Waals surface area (Å²) >= 11 is 0.870. The van der Waals surface area contributed by atoms with E-state index in [-0.39, 0.29) is 23.3 Å². The maximum atomic E-state index is 14.2. The van der Waals surface area contributed by atoms with Gasteiger partial charge in [-0.15, -0.1) is 0 Å². The van der Waals surface area contributed by atoms with Gasteiger partial charge < -0.3 is 0 Å². The smallest absolute Gasteiger partial charge is 0.279 e. The number of hydrogen-bond acceptors (Lipinski definition) is 4. The van der Waals surface area contributed by atoms with Gasteiger partial charge in [0.25, 0.3) is 5.91 Å². The molecule has 34 heavy (non-hydrogen) atoms. The number of halogens is 7. The molecule has 0 aliphatic heterocycles. The number of carbonyl (C=O) groups is 1. The quantitative estimate of drug-likeness (QED) is 0.293. The minimum Gasteiger partial charge on any atom is -0.279 e. The fraction of sp³-hybridized carbons (Fsp3) is 0.136. The number of nitrogens with zero attached hydrogens (tertiary/aromatic N) is 3. The Morgan fingerprint density at radius 2 is 1.62 bits per heavy atom. The zero-order valence-corrected chi connectivity index (χ0v) is 17.6. The van der Waals surface area contributed by atoms with E-state index in [2.05, 4.69) is 9.97 Å². The van der Waals surface area contributed by atoms with Crippen molar-refractivity contribution < 1.29 is 35.5 Å². The van der Waals surface area contributed by atoms with Crippen molar-refractivity contribution in [2.24, 2.45) is 0 Å². The molecular weight excluding hydrogens is 487 g/mol. The van der Waals surface area contributed by atoms with Gasteiger partial charge in [-0.3, -0.25) is 14.7 Å². The number of anilines is 1. The van der Waals surface area contributed by atoms with Gasteiger partial charge in [-0.05, 0) is 42.0 Å². The molecule has 4 rings (SSSR count). The molecule has 4 aromatic rings. The van der Waals surface area contributed by atoms with E-state index in [0.29, 0.717) is 22.4 Å². The standard InChI is InChI=1S/C22H12F7N3OS/c23-16-4-1-5-17-18(16)31-20(34-17)32(11-12-3-2-6-30-10-12)19(33)13-7-14(21(24,25)26)9-15(8-13)22(27,28)29/h1-10H,11H2. The monoisotopic (exact) mass is 499 g/mol. The molecule has 12 heteroatoms. The zero-order valence-electron chi connectivity index (χ0n) is 16.8. The lowest BCUT2D eigenvalue weighted by Crippen LogP contribution is -2.31. The Morgan fingerprint density at radius 1 is 0.941 bits per heavy atom. The Labute approximate surface area is 191 Å². The number of alkyl halides is 6. The number of thiazole rings is 1. The summed E-state index contributed by atoms with van der Waals surface area (Å²) in [6.07, 6.45) is -7.42. The molecule has 0 aliphatic carbocycles. The predicted octanol–water partition coefficient (Wildman–Crippen LogP) is 6.72. The van der Waals surface area contributed by atoms with Crippen LogP contribution < -0.4 is 4.90 Å². The third-order valence-corrected chi connectivity index (χ3v) is 5.78. The Hall–Kier alpha value is -3.54. The first-order valence-corrected chi connectivity index (χ1v) is 10.3. The summed E-state index contributed by atoms with van der Waals surface area (Å²) in [7, 11) is 0. The molecule has 0 fully saturated rings. The van der Waals surface area contributed by atoms with Gasteiger partial charge in [0.2, 0.25) is 0 Å². The fourth-order valence-electron chi connectivity index (χ4n) is 3.15. The lowest BCUT2D eigenvalue weighted by molar-refractivity contribution is -0.143. The van der Waals surface area contributed by atoms with E-state index in [1.807, 2.05) is 0 Å². The van der Waals surface area contributed by atoms with Gasteiger partial charge in [-0.25, -0.2) is 9.37 Å². The Kier molecular flexibility index (Phi) is 6.02. The summed E-state index contributed by atoms with van der Waals surface area (Å²) < 4.78 is 94.3. The van der Waals surface area contributed by atoms with Crippen LogP contribution in [-0.2, 0) is 18.9 Å². The topological polar surface area (TPSA) is 46.1 Å². The summed E-state index contributed by atoms with van der Waals surface area (Å²) in [5.74, 6) is -1.85. The van der Waals surface area contributed by atoms with Crippen molar-refractivity contribution in [1.29, 1.82) is 0 Å². The minimum atomic E-state index is -5.12. The highest BCUT2D eigenvalue weighted by Crippen LogP contribution is 2.38. The van der Waals surface area contributed by atoms with E-state index in [1.165, 1.54) is 24.5 Å². The van der Waals surface area contributed by atoms with Gasteiger partial charge in [0, 0.05) is 18.0 Å². The highest BCUT2D eigenvalue weighted by atomic mass is 32.1. The number of aromatic nitrogens is 2. The van der Waals surface area contributed by atoms with Crippen LogP contribution in [0.2, 0.25) is 0 Å². The number of para-hydroxylation sites is 1. The molecule has 0 atom stereocenters. The molecule has 176 valence electrons. The first kappa shape index (κ1) is 23.6. The van der Waals surface area contributed by atoms with Crippen molar-refractivity contribution in [2.75, 3.05) is 4.90 Å². The highest BCUT2D eigenvalue weighted by Gasteiger charge is 2.38. The number of pyridine rings is 1. The van der Waals surface area contributed by atoms with Gasteiger partial charge in [0.15, 0.2) is 5.13 Å². The van der Waals surface area contributed by atoms with E-state index < -0.39 is 40.8 Å². The molecule has 0 radical (unpaired) electrons. The number of carbonyl (C=O) groups excluding carboxylic acids is 1. The SMILES string of the molecule is O=C(c1cc(C(F)(F)F)cc(C(F)(F)F)c1)N(Cc1cccnc1)c1nc2c(F)cccc2s1.